The van der Waals surface area contributed by atoms with Gasteiger partial charge in [-0.1, -0.05) is 43.2 Å². The number of rotatable bonds is 6. The predicted molar refractivity (Wildman–Crippen MR) is 80.1 cm³/mol. The molecule has 1 aromatic carbocycles. The van der Waals surface area contributed by atoms with Crippen LogP contribution in [0.4, 0.5) is 4.79 Å². The average Bonchev–Trinajstić information content (AvgIpc) is 2.97. The summed E-state index contributed by atoms with van der Waals surface area (Å²) < 4.78 is 0. The first kappa shape index (κ1) is 15.4. The van der Waals surface area contributed by atoms with E-state index in [1.807, 2.05) is 30.3 Å². The molecule has 1 atom stereocenters. The van der Waals surface area contributed by atoms with Crippen molar-refractivity contribution in [3.63, 3.8) is 0 Å². The van der Waals surface area contributed by atoms with Gasteiger partial charge in [0.25, 0.3) is 0 Å². The van der Waals surface area contributed by atoms with Gasteiger partial charge >= 0.3 is 12.0 Å². The SMILES string of the molecule is O=C(NC1CCCC1)NC(CCc1ccccc1)C(=O)O. The number of carboxylic acid groups (broad SMARTS) is 1. The zero-order valence-corrected chi connectivity index (χ0v) is 12.0. The Morgan fingerprint density at radius 2 is 1.86 bits per heavy atom. The van der Waals surface area contributed by atoms with E-state index in [2.05, 4.69) is 10.6 Å². The van der Waals surface area contributed by atoms with Crippen LogP contribution in [0.5, 0.6) is 0 Å². The number of aryl methyl sites for hydroxylation is 1. The number of hydrogen-bond donors (Lipinski definition) is 3. The molecule has 0 aliphatic heterocycles. The lowest BCUT2D eigenvalue weighted by Crippen LogP contribution is -2.48. The van der Waals surface area contributed by atoms with Gasteiger partial charge in [0.2, 0.25) is 0 Å². The number of nitrogens with one attached hydrogen (secondary N) is 2. The summed E-state index contributed by atoms with van der Waals surface area (Å²) in [5.74, 6) is -0.993. The van der Waals surface area contributed by atoms with Crippen molar-refractivity contribution in [3.05, 3.63) is 35.9 Å². The number of urea groups is 1. The Bertz CT molecular complexity index is 470. The van der Waals surface area contributed by atoms with Crippen molar-refractivity contribution in [2.75, 3.05) is 0 Å². The summed E-state index contributed by atoms with van der Waals surface area (Å²) in [5, 5.41) is 14.6. The number of carbonyl (C=O) groups excluding carboxylic acids is 1. The first-order valence-electron chi connectivity index (χ1n) is 7.49. The van der Waals surface area contributed by atoms with E-state index in [-0.39, 0.29) is 12.1 Å². The molecule has 1 unspecified atom stereocenters. The van der Waals surface area contributed by atoms with Gasteiger partial charge in [-0.3, -0.25) is 0 Å². The van der Waals surface area contributed by atoms with E-state index < -0.39 is 12.0 Å². The topological polar surface area (TPSA) is 78.4 Å². The average molecular weight is 290 g/mol. The van der Waals surface area contributed by atoms with Crippen molar-refractivity contribution in [2.45, 2.75) is 50.6 Å². The Labute approximate surface area is 124 Å². The second-order valence-electron chi connectivity index (χ2n) is 5.51. The molecule has 21 heavy (non-hydrogen) atoms. The maximum absolute atomic E-state index is 11.8. The summed E-state index contributed by atoms with van der Waals surface area (Å²) in [6, 6.07) is 8.64. The number of carbonyl (C=O) groups is 2. The highest BCUT2D eigenvalue weighted by Crippen LogP contribution is 2.17. The highest BCUT2D eigenvalue weighted by molar-refractivity contribution is 5.82. The quantitative estimate of drug-likeness (QED) is 0.752. The second-order valence-corrected chi connectivity index (χ2v) is 5.51. The zero-order valence-electron chi connectivity index (χ0n) is 12.0. The van der Waals surface area contributed by atoms with Gasteiger partial charge in [0.1, 0.15) is 6.04 Å². The molecule has 0 saturated heterocycles. The number of carboxylic acids is 1. The molecule has 5 nitrogen and oxygen atoms in total. The van der Waals surface area contributed by atoms with E-state index in [1.165, 1.54) is 0 Å². The van der Waals surface area contributed by atoms with E-state index >= 15 is 0 Å². The minimum absolute atomic E-state index is 0.188. The lowest BCUT2D eigenvalue weighted by Gasteiger charge is -2.17. The Morgan fingerprint density at radius 1 is 1.19 bits per heavy atom. The van der Waals surface area contributed by atoms with Gasteiger partial charge in [0, 0.05) is 6.04 Å². The fraction of sp³-hybridized carbons (Fsp3) is 0.500. The molecule has 0 aromatic heterocycles. The van der Waals surface area contributed by atoms with Gasteiger partial charge in [-0.05, 0) is 31.2 Å². The van der Waals surface area contributed by atoms with Gasteiger partial charge < -0.3 is 15.7 Å². The minimum Gasteiger partial charge on any atom is -0.480 e. The molecule has 1 aliphatic carbocycles. The van der Waals surface area contributed by atoms with E-state index in [4.69, 9.17) is 0 Å². The molecule has 3 N–H and O–H groups in total. The van der Waals surface area contributed by atoms with Crippen molar-refractivity contribution in [2.24, 2.45) is 0 Å². The molecular formula is C16H22N2O3. The van der Waals surface area contributed by atoms with Crippen LogP contribution >= 0.6 is 0 Å². The largest absolute Gasteiger partial charge is 0.480 e. The first-order chi connectivity index (χ1) is 10.1. The summed E-state index contributed by atoms with van der Waals surface area (Å²) in [4.78, 5) is 23.1. The molecule has 0 bridgehead atoms. The first-order valence-corrected chi connectivity index (χ1v) is 7.49. The molecule has 2 rings (SSSR count). The fourth-order valence-corrected chi connectivity index (χ4v) is 2.67. The van der Waals surface area contributed by atoms with E-state index in [1.54, 1.807) is 0 Å². The van der Waals surface area contributed by atoms with Crippen molar-refractivity contribution < 1.29 is 14.7 Å². The Morgan fingerprint density at radius 3 is 2.48 bits per heavy atom. The van der Waals surface area contributed by atoms with Crippen LogP contribution in [0.25, 0.3) is 0 Å². The number of amides is 2. The van der Waals surface area contributed by atoms with Crippen LogP contribution in [-0.4, -0.2) is 29.2 Å². The standard InChI is InChI=1S/C16H22N2O3/c19-15(20)14(11-10-12-6-2-1-3-7-12)18-16(21)17-13-8-4-5-9-13/h1-3,6-7,13-14H,4-5,8-11H2,(H,19,20)(H2,17,18,21). The maximum atomic E-state index is 11.8. The number of hydrogen-bond acceptors (Lipinski definition) is 2. The lowest BCUT2D eigenvalue weighted by atomic mass is 10.1. The summed E-state index contributed by atoms with van der Waals surface area (Å²) in [6.07, 6.45) is 5.23. The smallest absolute Gasteiger partial charge is 0.326 e. The normalized spacial score (nSPS) is 16.4. The molecule has 1 saturated carbocycles. The third-order valence-corrected chi connectivity index (χ3v) is 3.86. The Hall–Kier alpha value is -2.04. The molecule has 0 heterocycles. The molecule has 1 aliphatic rings. The zero-order chi connectivity index (χ0) is 15.1. The third-order valence-electron chi connectivity index (χ3n) is 3.86. The number of benzene rings is 1. The van der Waals surface area contributed by atoms with Crippen molar-refractivity contribution in [3.8, 4) is 0 Å². The predicted octanol–water partition coefficient (Wildman–Crippen LogP) is 2.31. The molecule has 0 spiro atoms. The third kappa shape index (κ3) is 5.10. The fourth-order valence-electron chi connectivity index (χ4n) is 2.67. The van der Waals surface area contributed by atoms with Crippen LogP contribution in [-0.2, 0) is 11.2 Å². The second kappa shape index (κ2) is 7.67. The molecular weight excluding hydrogens is 268 g/mol. The van der Waals surface area contributed by atoms with Gasteiger partial charge in [-0.2, -0.15) is 0 Å². The van der Waals surface area contributed by atoms with Crippen molar-refractivity contribution in [1.82, 2.24) is 10.6 Å². The Balaban J connectivity index is 1.81. The van der Waals surface area contributed by atoms with Crippen molar-refractivity contribution in [1.29, 1.82) is 0 Å². The van der Waals surface area contributed by atoms with Crippen molar-refractivity contribution >= 4 is 12.0 Å². The van der Waals surface area contributed by atoms with Crippen LogP contribution in [0.3, 0.4) is 0 Å². The lowest BCUT2D eigenvalue weighted by molar-refractivity contribution is -0.139. The molecule has 2 amide bonds. The summed E-state index contributed by atoms with van der Waals surface area (Å²) in [5.41, 5.74) is 1.07. The molecule has 114 valence electrons. The molecule has 1 aromatic rings. The number of aliphatic carboxylic acids is 1. The highest BCUT2D eigenvalue weighted by Gasteiger charge is 2.22. The van der Waals surface area contributed by atoms with Crippen LogP contribution in [0.2, 0.25) is 0 Å². The van der Waals surface area contributed by atoms with Gasteiger partial charge in [-0.15, -0.1) is 0 Å². The minimum atomic E-state index is -0.993. The van der Waals surface area contributed by atoms with Crippen LogP contribution in [0, 0.1) is 0 Å². The van der Waals surface area contributed by atoms with Gasteiger partial charge in [0.15, 0.2) is 0 Å². The van der Waals surface area contributed by atoms with Crippen LogP contribution in [0.15, 0.2) is 30.3 Å². The van der Waals surface area contributed by atoms with E-state index in [0.717, 1.165) is 31.2 Å². The molecule has 0 radical (unpaired) electrons. The summed E-state index contributed by atoms with van der Waals surface area (Å²) in [7, 11) is 0. The van der Waals surface area contributed by atoms with Crippen LogP contribution in [0.1, 0.15) is 37.7 Å². The Kier molecular flexibility index (Phi) is 5.60. The molecule has 1 fully saturated rings. The van der Waals surface area contributed by atoms with E-state index in [0.29, 0.717) is 12.8 Å². The monoisotopic (exact) mass is 290 g/mol. The summed E-state index contributed by atoms with van der Waals surface area (Å²) >= 11 is 0. The highest BCUT2D eigenvalue weighted by atomic mass is 16.4. The van der Waals surface area contributed by atoms with Gasteiger partial charge in [0.05, 0.1) is 0 Å². The van der Waals surface area contributed by atoms with Crippen LogP contribution < -0.4 is 10.6 Å². The summed E-state index contributed by atoms with van der Waals surface area (Å²) in [6.45, 7) is 0. The maximum Gasteiger partial charge on any atom is 0.326 e. The van der Waals surface area contributed by atoms with E-state index in [9.17, 15) is 14.7 Å². The van der Waals surface area contributed by atoms with Gasteiger partial charge in [-0.25, -0.2) is 9.59 Å². The molecule has 5 heteroatoms.